The maximum absolute atomic E-state index is 12.7. The largest absolute Gasteiger partial charge is 0.444 e. The maximum Gasteiger partial charge on any atom is 0.410 e. The number of amides is 3. The van der Waals surface area contributed by atoms with Crippen LogP contribution in [0.15, 0.2) is 36.4 Å². The fourth-order valence-electron chi connectivity index (χ4n) is 3.13. The second-order valence-corrected chi connectivity index (χ2v) is 9.16. The fourth-order valence-corrected chi connectivity index (χ4v) is 3.26. The van der Waals surface area contributed by atoms with Gasteiger partial charge in [0.25, 0.3) is 0 Å². The van der Waals surface area contributed by atoms with Crippen molar-refractivity contribution in [2.75, 3.05) is 17.3 Å². The monoisotopic (exact) mass is 458 g/mol. The van der Waals surface area contributed by atoms with E-state index in [0.29, 0.717) is 23.2 Å². The van der Waals surface area contributed by atoms with Gasteiger partial charge in [-0.05, 0) is 51.5 Å². The van der Waals surface area contributed by atoms with Crippen molar-refractivity contribution in [1.29, 1.82) is 0 Å². The van der Waals surface area contributed by atoms with Gasteiger partial charge in [-0.2, -0.15) is 0 Å². The minimum atomic E-state index is -0.785. The Morgan fingerprint density at radius 3 is 2.50 bits per heavy atom. The van der Waals surface area contributed by atoms with Gasteiger partial charge in [-0.3, -0.25) is 19.4 Å². The van der Waals surface area contributed by atoms with Crippen LogP contribution in [-0.2, 0) is 27.3 Å². The standard InChI is InChI=1S/C23H27ClN4O4/c1-14(27(5)22(31)32-23(2,3)4)21(30)26-18-11-8-16-12-19(29)28(20(16)25-18)13-15-6-9-17(24)10-7-15/h6-11,14H,12-13H2,1-5H3,(H,25,26,30). The number of nitrogens with one attached hydrogen (secondary N) is 1. The molecular formula is C23H27ClN4O4. The molecule has 3 rings (SSSR count). The van der Waals surface area contributed by atoms with Crippen LogP contribution in [0.2, 0.25) is 5.02 Å². The first-order valence-electron chi connectivity index (χ1n) is 10.3. The van der Waals surface area contributed by atoms with Crippen LogP contribution in [0, 0.1) is 0 Å². The molecule has 1 aliphatic heterocycles. The van der Waals surface area contributed by atoms with Crippen LogP contribution >= 0.6 is 11.6 Å². The molecular weight excluding hydrogens is 432 g/mol. The highest BCUT2D eigenvalue weighted by molar-refractivity contribution is 6.30. The van der Waals surface area contributed by atoms with E-state index in [0.717, 1.165) is 11.1 Å². The summed E-state index contributed by atoms with van der Waals surface area (Å²) in [5.41, 5.74) is 1.05. The van der Waals surface area contributed by atoms with E-state index in [2.05, 4.69) is 10.3 Å². The molecule has 0 bridgehead atoms. The predicted octanol–water partition coefficient (Wildman–Crippen LogP) is 4.02. The third-order valence-electron chi connectivity index (χ3n) is 5.00. The third kappa shape index (κ3) is 5.56. The minimum Gasteiger partial charge on any atom is -0.444 e. The zero-order valence-corrected chi connectivity index (χ0v) is 19.6. The molecule has 2 heterocycles. The van der Waals surface area contributed by atoms with Gasteiger partial charge >= 0.3 is 6.09 Å². The molecule has 3 amide bonds. The molecule has 1 atom stereocenters. The van der Waals surface area contributed by atoms with E-state index in [1.54, 1.807) is 56.9 Å². The van der Waals surface area contributed by atoms with E-state index < -0.39 is 23.6 Å². The Morgan fingerprint density at radius 1 is 1.22 bits per heavy atom. The Balaban J connectivity index is 1.72. The summed E-state index contributed by atoms with van der Waals surface area (Å²) < 4.78 is 5.31. The highest BCUT2D eigenvalue weighted by Gasteiger charge is 2.30. The van der Waals surface area contributed by atoms with E-state index in [9.17, 15) is 14.4 Å². The van der Waals surface area contributed by atoms with Crippen LogP contribution in [0.3, 0.4) is 0 Å². The number of halogens is 1. The second-order valence-electron chi connectivity index (χ2n) is 8.72. The molecule has 0 saturated heterocycles. The Bertz CT molecular complexity index is 1030. The van der Waals surface area contributed by atoms with Gasteiger partial charge in [0.05, 0.1) is 13.0 Å². The molecule has 1 aliphatic rings. The van der Waals surface area contributed by atoms with Crippen molar-refractivity contribution in [2.24, 2.45) is 0 Å². The molecule has 9 heteroatoms. The predicted molar refractivity (Wildman–Crippen MR) is 123 cm³/mol. The van der Waals surface area contributed by atoms with Gasteiger partial charge in [0.1, 0.15) is 23.3 Å². The van der Waals surface area contributed by atoms with E-state index >= 15 is 0 Å². The number of aromatic nitrogens is 1. The molecule has 1 aromatic carbocycles. The topological polar surface area (TPSA) is 91.8 Å². The molecule has 32 heavy (non-hydrogen) atoms. The molecule has 1 aromatic heterocycles. The van der Waals surface area contributed by atoms with Crippen molar-refractivity contribution in [3.05, 3.63) is 52.5 Å². The summed E-state index contributed by atoms with van der Waals surface area (Å²) in [4.78, 5) is 44.8. The highest BCUT2D eigenvalue weighted by Crippen LogP contribution is 2.30. The van der Waals surface area contributed by atoms with Gasteiger partial charge in [-0.15, -0.1) is 0 Å². The van der Waals surface area contributed by atoms with Gasteiger partial charge in [0.15, 0.2) is 0 Å². The highest BCUT2D eigenvalue weighted by atomic mass is 35.5. The summed E-state index contributed by atoms with van der Waals surface area (Å²) in [7, 11) is 1.50. The van der Waals surface area contributed by atoms with Crippen LogP contribution in [0.25, 0.3) is 0 Å². The molecule has 1 N–H and O–H groups in total. The lowest BCUT2D eigenvalue weighted by molar-refractivity contribution is -0.120. The van der Waals surface area contributed by atoms with Crippen molar-refractivity contribution in [2.45, 2.75) is 52.3 Å². The van der Waals surface area contributed by atoms with Gasteiger partial charge in [-0.25, -0.2) is 9.78 Å². The molecule has 1 unspecified atom stereocenters. The smallest absolute Gasteiger partial charge is 0.410 e. The van der Waals surface area contributed by atoms with Gasteiger partial charge in [-0.1, -0.05) is 29.8 Å². The number of pyridine rings is 1. The average molecular weight is 459 g/mol. The second kappa shape index (κ2) is 9.16. The van der Waals surface area contributed by atoms with Crippen LogP contribution in [0.5, 0.6) is 0 Å². The van der Waals surface area contributed by atoms with Crippen molar-refractivity contribution >= 4 is 41.1 Å². The lowest BCUT2D eigenvalue weighted by Gasteiger charge is -2.28. The maximum atomic E-state index is 12.7. The summed E-state index contributed by atoms with van der Waals surface area (Å²) >= 11 is 5.94. The Kier molecular flexibility index (Phi) is 6.74. The summed E-state index contributed by atoms with van der Waals surface area (Å²) in [6, 6.07) is 9.89. The van der Waals surface area contributed by atoms with Crippen molar-refractivity contribution in [3.63, 3.8) is 0 Å². The lowest BCUT2D eigenvalue weighted by atomic mass is 10.2. The number of rotatable bonds is 5. The molecule has 170 valence electrons. The van der Waals surface area contributed by atoms with Crippen LogP contribution < -0.4 is 10.2 Å². The molecule has 0 saturated carbocycles. The summed E-state index contributed by atoms with van der Waals surface area (Å²) in [5, 5.41) is 3.34. The minimum absolute atomic E-state index is 0.0658. The Labute approximate surface area is 192 Å². The van der Waals surface area contributed by atoms with Gasteiger partial charge < -0.3 is 10.1 Å². The normalized spacial score (nSPS) is 14.1. The van der Waals surface area contributed by atoms with E-state index in [4.69, 9.17) is 16.3 Å². The van der Waals surface area contributed by atoms with Crippen LogP contribution in [-0.4, -0.2) is 46.5 Å². The van der Waals surface area contributed by atoms with E-state index in [1.165, 1.54) is 11.9 Å². The zero-order chi connectivity index (χ0) is 23.6. The summed E-state index contributed by atoms with van der Waals surface area (Å²) in [5.74, 6) is 0.327. The number of likely N-dealkylation sites (N-methyl/N-ethyl adjacent to an activating group) is 1. The van der Waals surface area contributed by atoms with Gasteiger partial charge in [0.2, 0.25) is 11.8 Å². The Hall–Kier alpha value is -3.13. The number of nitrogens with zero attached hydrogens (tertiary/aromatic N) is 3. The first-order valence-corrected chi connectivity index (χ1v) is 10.6. The van der Waals surface area contributed by atoms with E-state index in [1.807, 2.05) is 12.1 Å². The molecule has 0 radical (unpaired) electrons. The molecule has 0 aliphatic carbocycles. The number of carbonyl (C=O) groups is 3. The first kappa shape index (κ1) is 23.5. The quantitative estimate of drug-likeness (QED) is 0.730. The molecule has 8 nitrogen and oxygen atoms in total. The number of benzene rings is 1. The average Bonchev–Trinajstić information content (AvgIpc) is 3.02. The lowest BCUT2D eigenvalue weighted by Crippen LogP contribution is -2.45. The summed E-state index contributed by atoms with van der Waals surface area (Å²) in [6.07, 6.45) is -0.344. The molecule has 2 aromatic rings. The number of carbonyl (C=O) groups excluding carboxylic acids is 3. The fraction of sp³-hybridized carbons (Fsp3) is 0.391. The number of ether oxygens (including phenoxy) is 1. The first-order chi connectivity index (χ1) is 14.9. The van der Waals surface area contributed by atoms with Crippen molar-refractivity contribution in [3.8, 4) is 0 Å². The Morgan fingerprint density at radius 2 is 1.88 bits per heavy atom. The number of anilines is 2. The third-order valence-corrected chi connectivity index (χ3v) is 5.25. The number of hydrogen-bond acceptors (Lipinski definition) is 5. The van der Waals surface area contributed by atoms with Gasteiger partial charge in [0, 0.05) is 17.6 Å². The molecule has 0 fully saturated rings. The van der Waals surface area contributed by atoms with E-state index in [-0.39, 0.29) is 12.3 Å². The molecule has 0 spiro atoms. The van der Waals surface area contributed by atoms with Crippen LogP contribution in [0.1, 0.15) is 38.8 Å². The number of fused-ring (bicyclic) bond motifs is 1. The zero-order valence-electron chi connectivity index (χ0n) is 18.8. The summed E-state index contributed by atoms with van der Waals surface area (Å²) in [6.45, 7) is 7.23. The van der Waals surface area contributed by atoms with Crippen LogP contribution in [0.4, 0.5) is 16.4 Å². The number of hydrogen-bond donors (Lipinski definition) is 1. The van der Waals surface area contributed by atoms with Crippen molar-refractivity contribution in [1.82, 2.24) is 9.88 Å². The van der Waals surface area contributed by atoms with Crippen molar-refractivity contribution < 1.29 is 19.1 Å². The SMILES string of the molecule is CC(C(=O)Nc1ccc2c(n1)N(Cc1ccc(Cl)cc1)C(=O)C2)N(C)C(=O)OC(C)(C)C.